The highest BCUT2D eigenvalue weighted by Gasteiger charge is 2.26. The van der Waals surface area contributed by atoms with Gasteiger partial charge in [-0.2, -0.15) is 0 Å². The highest BCUT2D eigenvalue weighted by Crippen LogP contribution is 2.38. The van der Waals surface area contributed by atoms with Gasteiger partial charge in [-0.25, -0.2) is 9.37 Å². The highest BCUT2D eigenvalue weighted by atomic mass is 79.9. The summed E-state index contributed by atoms with van der Waals surface area (Å²) >= 11 is 4.86. The number of methoxy groups -OCH3 is 3. The van der Waals surface area contributed by atoms with E-state index in [0.717, 1.165) is 68.5 Å². The molecule has 12 heteroatoms. The standard InChI is InChI=1S/C30H37BrFN5O4S/c1-39-26-14-21(15-27(40-2)28(26)41-3)29(38)36-11-9-35(10-12-36)18-22-19-42-30(34-22)33-16-23-5-4-8-37(23)17-20-6-7-24(31)25(32)13-20/h6-7,13-15,19,23H,4-5,8-12,16-18H2,1-3H3,(H,33,34)/t23-/m0/s1. The molecule has 226 valence electrons. The van der Waals surface area contributed by atoms with Crippen molar-refractivity contribution in [3.8, 4) is 17.2 Å². The van der Waals surface area contributed by atoms with Crippen molar-refractivity contribution in [2.24, 2.45) is 0 Å². The van der Waals surface area contributed by atoms with Crippen molar-refractivity contribution in [1.29, 1.82) is 0 Å². The molecule has 2 fully saturated rings. The molecule has 3 aromatic rings. The predicted octanol–water partition coefficient (Wildman–Crippen LogP) is 5.11. The van der Waals surface area contributed by atoms with Crippen LogP contribution in [0.4, 0.5) is 9.52 Å². The molecule has 0 spiro atoms. The lowest BCUT2D eigenvalue weighted by molar-refractivity contribution is 0.0626. The Labute approximate surface area is 258 Å². The highest BCUT2D eigenvalue weighted by molar-refractivity contribution is 9.10. The lowest BCUT2D eigenvalue weighted by Gasteiger charge is -2.34. The zero-order valence-electron chi connectivity index (χ0n) is 24.2. The number of likely N-dealkylation sites (tertiary alicyclic amines) is 1. The molecule has 0 aliphatic carbocycles. The van der Waals surface area contributed by atoms with Gasteiger partial charge in [-0.15, -0.1) is 11.3 Å². The summed E-state index contributed by atoms with van der Waals surface area (Å²) in [4.78, 5) is 24.7. The lowest BCUT2D eigenvalue weighted by Crippen LogP contribution is -2.48. The first kappa shape index (κ1) is 30.5. The van der Waals surface area contributed by atoms with Gasteiger partial charge in [-0.05, 0) is 65.1 Å². The number of halogens is 2. The number of ether oxygens (including phenoxy) is 3. The molecule has 1 N–H and O–H groups in total. The van der Waals surface area contributed by atoms with Gasteiger partial charge >= 0.3 is 0 Å². The summed E-state index contributed by atoms with van der Waals surface area (Å²) < 4.78 is 30.7. The summed E-state index contributed by atoms with van der Waals surface area (Å²) in [5.41, 5.74) is 2.53. The fraction of sp³-hybridized carbons (Fsp3) is 0.467. The molecule has 2 aliphatic rings. The van der Waals surface area contributed by atoms with Crippen LogP contribution < -0.4 is 19.5 Å². The van der Waals surface area contributed by atoms with Crippen molar-refractivity contribution >= 4 is 38.3 Å². The van der Waals surface area contributed by atoms with Crippen molar-refractivity contribution < 1.29 is 23.4 Å². The first-order valence-electron chi connectivity index (χ1n) is 14.1. The Hall–Kier alpha value is -2.93. The Morgan fingerprint density at radius 3 is 2.45 bits per heavy atom. The molecule has 42 heavy (non-hydrogen) atoms. The second kappa shape index (κ2) is 14.0. The zero-order chi connectivity index (χ0) is 29.6. The second-order valence-corrected chi connectivity index (χ2v) is 12.2. The van der Waals surface area contributed by atoms with Crippen molar-refractivity contribution in [3.05, 3.63) is 62.8 Å². The van der Waals surface area contributed by atoms with Gasteiger partial charge in [0.15, 0.2) is 16.6 Å². The van der Waals surface area contributed by atoms with Gasteiger partial charge in [0.2, 0.25) is 5.75 Å². The van der Waals surface area contributed by atoms with Crippen molar-refractivity contribution in [2.45, 2.75) is 32.0 Å². The van der Waals surface area contributed by atoms with E-state index in [9.17, 15) is 9.18 Å². The minimum absolute atomic E-state index is 0.0553. The van der Waals surface area contributed by atoms with E-state index in [1.54, 1.807) is 56.9 Å². The number of anilines is 1. The van der Waals surface area contributed by atoms with E-state index in [1.165, 1.54) is 0 Å². The molecule has 0 saturated carbocycles. The number of hydrogen-bond acceptors (Lipinski definition) is 9. The molecule has 9 nitrogen and oxygen atoms in total. The van der Waals surface area contributed by atoms with Gasteiger partial charge < -0.3 is 24.4 Å². The smallest absolute Gasteiger partial charge is 0.254 e. The number of amides is 1. The van der Waals surface area contributed by atoms with Gasteiger partial charge in [0, 0.05) is 62.8 Å². The monoisotopic (exact) mass is 661 g/mol. The number of carbonyl (C=O) groups excluding carboxylic acids is 1. The molecule has 1 aromatic heterocycles. The first-order valence-corrected chi connectivity index (χ1v) is 15.7. The molecule has 2 aromatic carbocycles. The van der Waals surface area contributed by atoms with Crippen LogP contribution in [0.25, 0.3) is 0 Å². The molecule has 5 rings (SSSR count). The number of nitrogens with one attached hydrogen (secondary N) is 1. The SMILES string of the molecule is COc1cc(C(=O)N2CCN(Cc3csc(NC[C@@H]4CCCN4Cc4ccc(Br)c(F)c4)n3)CC2)cc(OC)c1OC. The fourth-order valence-electron chi connectivity index (χ4n) is 5.60. The Morgan fingerprint density at radius 2 is 1.79 bits per heavy atom. The maximum absolute atomic E-state index is 14.0. The van der Waals surface area contributed by atoms with Gasteiger partial charge in [-0.3, -0.25) is 14.6 Å². The average Bonchev–Trinajstić information content (AvgIpc) is 3.65. The molecule has 1 amide bonds. The molecule has 3 heterocycles. The van der Waals surface area contributed by atoms with E-state index >= 15 is 0 Å². The Morgan fingerprint density at radius 1 is 1.05 bits per heavy atom. The third-order valence-corrected chi connectivity index (χ3v) is 9.36. The Kier molecular flexibility index (Phi) is 10.2. The van der Waals surface area contributed by atoms with E-state index in [4.69, 9.17) is 19.2 Å². The molecule has 1 atom stereocenters. The number of piperazine rings is 1. The van der Waals surface area contributed by atoms with Crippen LogP contribution in [0.1, 0.15) is 34.5 Å². The molecular formula is C30H37BrFN5O4S. The van der Waals surface area contributed by atoms with Crippen molar-refractivity contribution in [1.82, 2.24) is 19.7 Å². The summed E-state index contributed by atoms with van der Waals surface area (Å²) in [7, 11) is 4.63. The van der Waals surface area contributed by atoms with E-state index in [1.807, 2.05) is 11.0 Å². The largest absolute Gasteiger partial charge is 0.493 e. The molecule has 2 aliphatic heterocycles. The molecule has 0 bridgehead atoms. The van der Waals surface area contributed by atoms with Crippen LogP contribution >= 0.6 is 27.3 Å². The van der Waals surface area contributed by atoms with Gasteiger partial charge in [0.25, 0.3) is 5.91 Å². The number of thiazole rings is 1. The van der Waals surface area contributed by atoms with E-state index in [0.29, 0.717) is 46.4 Å². The maximum Gasteiger partial charge on any atom is 0.254 e. The minimum atomic E-state index is -0.219. The van der Waals surface area contributed by atoms with Crippen LogP contribution in [0, 0.1) is 5.82 Å². The van der Waals surface area contributed by atoms with Gasteiger partial charge in [0.05, 0.1) is 31.5 Å². The molecular weight excluding hydrogens is 625 g/mol. The topological polar surface area (TPSA) is 79.4 Å². The first-order chi connectivity index (χ1) is 20.4. The summed E-state index contributed by atoms with van der Waals surface area (Å²) in [5.74, 6) is 1.12. The third kappa shape index (κ3) is 7.16. The molecule has 0 unspecified atom stereocenters. The van der Waals surface area contributed by atoms with E-state index < -0.39 is 0 Å². The van der Waals surface area contributed by atoms with Crippen LogP contribution in [0.3, 0.4) is 0 Å². The van der Waals surface area contributed by atoms with Crippen molar-refractivity contribution in [2.75, 3.05) is 65.9 Å². The molecule has 0 radical (unpaired) electrons. The van der Waals surface area contributed by atoms with Gasteiger partial charge in [0.1, 0.15) is 5.82 Å². The summed E-state index contributed by atoms with van der Waals surface area (Å²) in [6.07, 6.45) is 2.26. The lowest BCUT2D eigenvalue weighted by atomic mass is 10.1. The second-order valence-electron chi connectivity index (χ2n) is 10.5. The third-order valence-electron chi connectivity index (χ3n) is 7.87. The summed E-state index contributed by atoms with van der Waals surface area (Å²) in [6, 6.07) is 9.16. The zero-order valence-corrected chi connectivity index (χ0v) is 26.6. The summed E-state index contributed by atoms with van der Waals surface area (Å²) in [6.45, 7) is 6.11. The number of aromatic nitrogens is 1. The number of benzene rings is 2. The predicted molar refractivity (Wildman–Crippen MR) is 165 cm³/mol. The van der Waals surface area contributed by atoms with Crippen LogP contribution in [0.5, 0.6) is 17.2 Å². The normalized spacial score (nSPS) is 17.8. The fourth-order valence-corrected chi connectivity index (χ4v) is 6.56. The van der Waals surface area contributed by atoms with Crippen molar-refractivity contribution in [3.63, 3.8) is 0 Å². The Bertz CT molecular complexity index is 1360. The Balaban J connectivity index is 1.10. The van der Waals surface area contributed by atoms with E-state index in [2.05, 4.69) is 36.4 Å². The average molecular weight is 663 g/mol. The number of rotatable bonds is 11. The van der Waals surface area contributed by atoms with Crippen LogP contribution in [0.15, 0.2) is 40.2 Å². The van der Waals surface area contributed by atoms with Crippen LogP contribution in [0.2, 0.25) is 0 Å². The van der Waals surface area contributed by atoms with Gasteiger partial charge in [-0.1, -0.05) is 6.07 Å². The maximum atomic E-state index is 14.0. The van der Waals surface area contributed by atoms with Crippen LogP contribution in [-0.2, 0) is 13.1 Å². The number of nitrogens with zero attached hydrogens (tertiary/aromatic N) is 4. The molecule has 2 saturated heterocycles. The quantitative estimate of drug-likeness (QED) is 0.304. The number of carbonyl (C=O) groups is 1. The summed E-state index contributed by atoms with van der Waals surface area (Å²) in [5, 5.41) is 6.55. The van der Waals surface area contributed by atoms with Crippen LogP contribution in [-0.4, -0.2) is 92.2 Å². The minimum Gasteiger partial charge on any atom is -0.493 e. The number of hydrogen-bond donors (Lipinski definition) is 1. The van der Waals surface area contributed by atoms with E-state index in [-0.39, 0.29) is 11.7 Å².